The van der Waals surface area contributed by atoms with Gasteiger partial charge in [-0.1, -0.05) is 0 Å². The van der Waals surface area contributed by atoms with Crippen LogP contribution < -0.4 is 4.74 Å². The van der Waals surface area contributed by atoms with Gasteiger partial charge in [0.15, 0.2) is 0 Å². The van der Waals surface area contributed by atoms with E-state index >= 15 is 0 Å². The summed E-state index contributed by atoms with van der Waals surface area (Å²) in [5.41, 5.74) is 0.895. The molecular formula is C10H9BrN2O. The monoisotopic (exact) mass is 252 g/mol. The third kappa shape index (κ3) is 1.70. The number of halogens is 1. The van der Waals surface area contributed by atoms with Crippen molar-refractivity contribution < 1.29 is 4.74 Å². The van der Waals surface area contributed by atoms with Gasteiger partial charge in [0.05, 0.1) is 16.6 Å². The summed E-state index contributed by atoms with van der Waals surface area (Å²) >= 11 is 3.44. The highest BCUT2D eigenvalue weighted by atomic mass is 79.9. The SMILES string of the molecule is CCOc1cc2ncncc2cc1Br. The largest absolute Gasteiger partial charge is 0.493 e. The van der Waals surface area contributed by atoms with Crippen molar-refractivity contribution in [2.45, 2.75) is 6.92 Å². The summed E-state index contributed by atoms with van der Waals surface area (Å²) in [4.78, 5) is 8.11. The van der Waals surface area contributed by atoms with Gasteiger partial charge in [-0.05, 0) is 28.9 Å². The van der Waals surface area contributed by atoms with Gasteiger partial charge in [-0.25, -0.2) is 9.97 Å². The van der Waals surface area contributed by atoms with Gasteiger partial charge in [0.1, 0.15) is 12.1 Å². The number of nitrogens with zero attached hydrogens (tertiary/aromatic N) is 2. The first kappa shape index (κ1) is 9.40. The molecule has 0 bridgehead atoms. The molecule has 1 aromatic heterocycles. The normalized spacial score (nSPS) is 10.4. The second-order valence-corrected chi connectivity index (χ2v) is 3.65. The van der Waals surface area contributed by atoms with E-state index in [1.165, 1.54) is 6.33 Å². The lowest BCUT2D eigenvalue weighted by atomic mass is 10.2. The molecule has 0 aliphatic carbocycles. The predicted molar refractivity (Wildman–Crippen MR) is 58.4 cm³/mol. The Morgan fingerprint density at radius 1 is 1.43 bits per heavy atom. The number of hydrogen-bond donors (Lipinski definition) is 0. The Hall–Kier alpha value is -1.16. The van der Waals surface area contributed by atoms with Gasteiger partial charge in [0, 0.05) is 17.6 Å². The van der Waals surface area contributed by atoms with Gasteiger partial charge in [-0.2, -0.15) is 0 Å². The van der Waals surface area contributed by atoms with Gasteiger partial charge >= 0.3 is 0 Å². The standard InChI is InChI=1S/C10H9BrN2O/c1-2-14-10-4-9-7(3-8(10)11)5-12-6-13-9/h3-6H,2H2,1H3. The molecule has 0 aliphatic rings. The van der Waals surface area contributed by atoms with Crippen LogP contribution >= 0.6 is 15.9 Å². The fraction of sp³-hybridized carbons (Fsp3) is 0.200. The molecule has 0 fully saturated rings. The van der Waals surface area contributed by atoms with E-state index in [1.807, 2.05) is 19.1 Å². The van der Waals surface area contributed by atoms with Gasteiger partial charge in [-0.15, -0.1) is 0 Å². The number of aromatic nitrogens is 2. The number of hydrogen-bond acceptors (Lipinski definition) is 3. The van der Waals surface area contributed by atoms with E-state index in [1.54, 1.807) is 6.20 Å². The molecule has 3 nitrogen and oxygen atoms in total. The maximum absolute atomic E-state index is 5.44. The number of ether oxygens (including phenoxy) is 1. The Kier molecular flexibility index (Phi) is 2.63. The molecule has 1 heterocycles. The van der Waals surface area contributed by atoms with E-state index in [-0.39, 0.29) is 0 Å². The summed E-state index contributed by atoms with van der Waals surface area (Å²) in [5.74, 6) is 0.818. The highest BCUT2D eigenvalue weighted by molar-refractivity contribution is 9.10. The summed E-state index contributed by atoms with van der Waals surface area (Å²) in [6, 6.07) is 3.87. The van der Waals surface area contributed by atoms with Crippen molar-refractivity contribution in [3.05, 3.63) is 29.1 Å². The van der Waals surface area contributed by atoms with Crippen LogP contribution in [0.15, 0.2) is 29.1 Å². The summed E-state index contributed by atoms with van der Waals surface area (Å²) in [6.07, 6.45) is 3.31. The summed E-state index contributed by atoms with van der Waals surface area (Å²) in [7, 11) is 0. The molecule has 14 heavy (non-hydrogen) atoms. The zero-order valence-corrected chi connectivity index (χ0v) is 9.28. The lowest BCUT2D eigenvalue weighted by Gasteiger charge is -2.06. The summed E-state index contributed by atoms with van der Waals surface area (Å²) < 4.78 is 6.37. The Balaban J connectivity index is 2.59. The fourth-order valence-corrected chi connectivity index (χ4v) is 1.72. The number of benzene rings is 1. The lowest BCUT2D eigenvalue weighted by molar-refractivity contribution is 0.338. The van der Waals surface area contributed by atoms with Crippen LogP contribution in [0.5, 0.6) is 5.75 Å². The van der Waals surface area contributed by atoms with Crippen molar-refractivity contribution in [3.8, 4) is 5.75 Å². The molecule has 2 rings (SSSR count). The molecule has 72 valence electrons. The van der Waals surface area contributed by atoms with Crippen LogP contribution in [0.1, 0.15) is 6.92 Å². The third-order valence-electron chi connectivity index (χ3n) is 1.86. The molecule has 0 spiro atoms. The minimum absolute atomic E-state index is 0.648. The molecule has 0 saturated heterocycles. The molecule has 0 unspecified atom stereocenters. The average Bonchev–Trinajstić information content (AvgIpc) is 2.19. The topological polar surface area (TPSA) is 35.0 Å². The van der Waals surface area contributed by atoms with E-state index in [0.717, 1.165) is 21.1 Å². The molecule has 0 N–H and O–H groups in total. The van der Waals surface area contributed by atoms with Crippen molar-refractivity contribution in [2.24, 2.45) is 0 Å². The van der Waals surface area contributed by atoms with Crippen LogP contribution in [-0.2, 0) is 0 Å². The van der Waals surface area contributed by atoms with E-state index in [0.29, 0.717) is 6.61 Å². The molecule has 0 aliphatic heterocycles. The van der Waals surface area contributed by atoms with Crippen LogP contribution in [0.25, 0.3) is 10.9 Å². The third-order valence-corrected chi connectivity index (χ3v) is 2.48. The lowest BCUT2D eigenvalue weighted by Crippen LogP contribution is -1.93. The Morgan fingerprint density at radius 3 is 3.07 bits per heavy atom. The van der Waals surface area contributed by atoms with Crippen LogP contribution in [0.4, 0.5) is 0 Å². The molecule has 2 aromatic rings. The Morgan fingerprint density at radius 2 is 2.29 bits per heavy atom. The number of fused-ring (bicyclic) bond motifs is 1. The second-order valence-electron chi connectivity index (χ2n) is 2.80. The molecule has 0 amide bonds. The van der Waals surface area contributed by atoms with E-state index in [4.69, 9.17) is 4.74 Å². The van der Waals surface area contributed by atoms with Crippen molar-refractivity contribution in [3.63, 3.8) is 0 Å². The second kappa shape index (κ2) is 3.92. The molecule has 0 atom stereocenters. The zero-order valence-electron chi connectivity index (χ0n) is 7.70. The van der Waals surface area contributed by atoms with Gasteiger partial charge < -0.3 is 4.74 Å². The summed E-state index contributed by atoms with van der Waals surface area (Å²) in [6.45, 7) is 2.60. The predicted octanol–water partition coefficient (Wildman–Crippen LogP) is 2.79. The molecular weight excluding hydrogens is 244 g/mol. The highest BCUT2D eigenvalue weighted by Crippen LogP contribution is 2.28. The first-order valence-electron chi connectivity index (χ1n) is 4.33. The average molecular weight is 253 g/mol. The fourth-order valence-electron chi connectivity index (χ4n) is 1.25. The quantitative estimate of drug-likeness (QED) is 0.825. The minimum Gasteiger partial charge on any atom is -0.493 e. The van der Waals surface area contributed by atoms with Crippen molar-refractivity contribution in [1.82, 2.24) is 9.97 Å². The van der Waals surface area contributed by atoms with Gasteiger partial charge in [0.25, 0.3) is 0 Å². The molecule has 0 saturated carbocycles. The highest BCUT2D eigenvalue weighted by Gasteiger charge is 2.03. The van der Waals surface area contributed by atoms with Crippen molar-refractivity contribution >= 4 is 26.8 Å². The van der Waals surface area contributed by atoms with Crippen molar-refractivity contribution in [1.29, 1.82) is 0 Å². The maximum atomic E-state index is 5.44. The Labute approximate surface area is 90.3 Å². The van der Waals surface area contributed by atoms with Crippen LogP contribution in [-0.4, -0.2) is 16.6 Å². The maximum Gasteiger partial charge on any atom is 0.135 e. The first-order chi connectivity index (χ1) is 6.81. The van der Waals surface area contributed by atoms with Crippen LogP contribution in [0.3, 0.4) is 0 Å². The van der Waals surface area contributed by atoms with E-state index < -0.39 is 0 Å². The smallest absolute Gasteiger partial charge is 0.135 e. The summed E-state index contributed by atoms with van der Waals surface area (Å²) in [5, 5.41) is 1.00. The first-order valence-corrected chi connectivity index (χ1v) is 5.12. The van der Waals surface area contributed by atoms with E-state index in [9.17, 15) is 0 Å². The van der Waals surface area contributed by atoms with Crippen LogP contribution in [0.2, 0.25) is 0 Å². The Bertz CT molecular complexity index is 459. The van der Waals surface area contributed by atoms with Crippen LogP contribution in [0, 0.1) is 0 Å². The van der Waals surface area contributed by atoms with Gasteiger partial charge in [0.2, 0.25) is 0 Å². The zero-order chi connectivity index (χ0) is 9.97. The molecule has 0 radical (unpaired) electrons. The van der Waals surface area contributed by atoms with Gasteiger partial charge in [-0.3, -0.25) is 0 Å². The molecule has 1 aromatic carbocycles. The number of rotatable bonds is 2. The molecule has 4 heteroatoms. The van der Waals surface area contributed by atoms with Crippen molar-refractivity contribution in [2.75, 3.05) is 6.61 Å². The van der Waals surface area contributed by atoms with E-state index in [2.05, 4.69) is 25.9 Å². The minimum atomic E-state index is 0.648.